The van der Waals surface area contributed by atoms with E-state index in [0.717, 1.165) is 29.0 Å². The maximum Gasteiger partial charge on any atom is 0.193 e. The van der Waals surface area contributed by atoms with E-state index in [1.807, 2.05) is 29.9 Å². The monoisotopic (exact) mass is 426 g/mol. The third-order valence-electron chi connectivity index (χ3n) is 5.39. The summed E-state index contributed by atoms with van der Waals surface area (Å²) < 4.78 is 2.24. The molecule has 1 aliphatic rings. The van der Waals surface area contributed by atoms with E-state index in [2.05, 4.69) is 69.7 Å². The van der Waals surface area contributed by atoms with Crippen molar-refractivity contribution in [3.63, 3.8) is 0 Å². The van der Waals surface area contributed by atoms with Crippen LogP contribution in [0.25, 0.3) is 5.13 Å². The zero-order chi connectivity index (χ0) is 20.5. The molecule has 0 bridgehead atoms. The molecule has 6 nitrogen and oxygen atoms in total. The summed E-state index contributed by atoms with van der Waals surface area (Å²) in [5.41, 5.74) is 4.65. The molecule has 0 amide bonds. The fraction of sp³-hybridized carbons (Fsp3) is 0.381. The van der Waals surface area contributed by atoms with E-state index in [1.54, 1.807) is 11.3 Å². The smallest absolute Gasteiger partial charge is 0.193 e. The van der Waals surface area contributed by atoms with Gasteiger partial charge < -0.3 is 15.1 Å². The Morgan fingerprint density at radius 2 is 2.03 bits per heavy atom. The Balaban J connectivity index is 1.79. The van der Waals surface area contributed by atoms with Gasteiger partial charge in [-0.05, 0) is 63.9 Å². The number of thiazole rings is 1. The Hall–Kier alpha value is -2.29. The van der Waals surface area contributed by atoms with Crippen molar-refractivity contribution in [3.8, 4) is 5.13 Å². The fourth-order valence-electron chi connectivity index (χ4n) is 4.00. The van der Waals surface area contributed by atoms with Gasteiger partial charge in [0.2, 0.25) is 0 Å². The van der Waals surface area contributed by atoms with Crippen LogP contribution in [0.15, 0.2) is 42.0 Å². The van der Waals surface area contributed by atoms with E-state index in [9.17, 15) is 0 Å². The molecule has 2 atom stereocenters. The zero-order valence-electron chi connectivity index (χ0n) is 17.2. The highest BCUT2D eigenvalue weighted by atomic mass is 32.1. The number of hydrogen-bond donors (Lipinski definition) is 1. The van der Waals surface area contributed by atoms with E-state index in [-0.39, 0.29) is 12.1 Å². The molecule has 1 aliphatic heterocycles. The average Bonchev–Trinajstić information content (AvgIpc) is 3.39. The summed E-state index contributed by atoms with van der Waals surface area (Å²) in [6.07, 6.45) is 3.70. The molecule has 152 valence electrons. The molecule has 0 unspecified atom stereocenters. The number of aromatic nitrogens is 3. The van der Waals surface area contributed by atoms with Crippen LogP contribution in [-0.4, -0.2) is 56.6 Å². The van der Waals surface area contributed by atoms with Crippen molar-refractivity contribution in [2.75, 3.05) is 27.2 Å². The van der Waals surface area contributed by atoms with Gasteiger partial charge in [-0.15, -0.1) is 11.3 Å². The third-order valence-corrected chi connectivity index (χ3v) is 6.49. The lowest BCUT2D eigenvalue weighted by molar-refractivity contribution is 0.277. The first-order valence-corrected chi connectivity index (χ1v) is 11.0. The van der Waals surface area contributed by atoms with Crippen molar-refractivity contribution in [3.05, 3.63) is 64.7 Å². The Kier molecular flexibility index (Phi) is 5.67. The highest BCUT2D eigenvalue weighted by molar-refractivity contribution is 7.80. The van der Waals surface area contributed by atoms with Crippen LogP contribution >= 0.6 is 23.6 Å². The predicted molar refractivity (Wildman–Crippen MR) is 122 cm³/mol. The molecule has 1 fully saturated rings. The molecule has 0 spiro atoms. The highest BCUT2D eigenvalue weighted by Gasteiger charge is 2.41. The second-order valence-electron chi connectivity index (χ2n) is 7.60. The van der Waals surface area contributed by atoms with Gasteiger partial charge in [-0.1, -0.05) is 6.07 Å². The lowest BCUT2D eigenvalue weighted by Crippen LogP contribution is -2.35. The molecule has 0 radical (unpaired) electrons. The van der Waals surface area contributed by atoms with Gasteiger partial charge in [0.05, 0.1) is 17.8 Å². The normalized spacial score (nSPS) is 19.2. The van der Waals surface area contributed by atoms with Gasteiger partial charge >= 0.3 is 0 Å². The van der Waals surface area contributed by atoms with Gasteiger partial charge in [-0.2, -0.15) is 0 Å². The number of nitrogens with zero attached hydrogens (tertiary/aromatic N) is 5. The van der Waals surface area contributed by atoms with Gasteiger partial charge in [-0.3, -0.25) is 9.55 Å². The maximum absolute atomic E-state index is 5.76. The maximum atomic E-state index is 5.76. The topological polar surface area (TPSA) is 49.2 Å². The van der Waals surface area contributed by atoms with Crippen molar-refractivity contribution in [1.82, 2.24) is 29.7 Å². The van der Waals surface area contributed by atoms with Crippen molar-refractivity contribution >= 4 is 28.7 Å². The van der Waals surface area contributed by atoms with Crippen LogP contribution in [0.1, 0.15) is 34.7 Å². The Bertz CT molecular complexity index is 980. The minimum Gasteiger partial charge on any atom is -0.352 e. The molecule has 3 aromatic rings. The summed E-state index contributed by atoms with van der Waals surface area (Å²) >= 11 is 7.41. The van der Waals surface area contributed by atoms with Gasteiger partial charge in [0.15, 0.2) is 10.2 Å². The summed E-state index contributed by atoms with van der Waals surface area (Å²) in [6.45, 7) is 6.09. The molecule has 4 heterocycles. The minimum absolute atomic E-state index is 0.0103. The molecule has 3 aromatic heterocycles. The van der Waals surface area contributed by atoms with E-state index < -0.39 is 0 Å². The van der Waals surface area contributed by atoms with Gasteiger partial charge in [0, 0.05) is 42.3 Å². The lowest BCUT2D eigenvalue weighted by Gasteiger charge is -2.29. The number of likely N-dealkylation sites (N-methyl/N-ethyl adjacent to an activating group) is 1. The number of aryl methyl sites for hydroxylation is 1. The first-order chi connectivity index (χ1) is 14.0. The molecule has 0 saturated carbocycles. The van der Waals surface area contributed by atoms with Crippen LogP contribution in [0.3, 0.4) is 0 Å². The molecular formula is C21H26N6S2. The largest absolute Gasteiger partial charge is 0.352 e. The van der Waals surface area contributed by atoms with E-state index in [4.69, 9.17) is 12.2 Å². The Morgan fingerprint density at radius 1 is 1.21 bits per heavy atom. The lowest BCUT2D eigenvalue weighted by atomic mass is 9.97. The first kappa shape index (κ1) is 20.0. The van der Waals surface area contributed by atoms with Crippen LogP contribution in [-0.2, 0) is 0 Å². The molecule has 29 heavy (non-hydrogen) atoms. The van der Waals surface area contributed by atoms with E-state index >= 15 is 0 Å². The van der Waals surface area contributed by atoms with Crippen molar-refractivity contribution in [2.24, 2.45) is 0 Å². The SMILES string of the molecule is Cc1cc([C@@H]2[C@H](c3ccccn3)NC(=S)N2CCN(C)C)c(C)n1-c1nccs1. The number of rotatable bonds is 6. The standard InChI is InChI=1S/C21H26N6S2/c1-14-13-16(15(2)27(14)21-23-9-12-29-21)19-18(17-7-5-6-8-22-17)24-20(28)26(19)11-10-25(3)4/h5-9,12-13,18-19H,10-11H2,1-4H3,(H,24,28)/t18-,19+/m0/s1. The van der Waals surface area contributed by atoms with Crippen LogP contribution in [0.4, 0.5) is 0 Å². The van der Waals surface area contributed by atoms with E-state index in [1.165, 1.54) is 17.0 Å². The van der Waals surface area contributed by atoms with Crippen LogP contribution in [0, 0.1) is 13.8 Å². The zero-order valence-corrected chi connectivity index (χ0v) is 18.8. The minimum atomic E-state index is 0.0103. The summed E-state index contributed by atoms with van der Waals surface area (Å²) in [4.78, 5) is 13.7. The summed E-state index contributed by atoms with van der Waals surface area (Å²) in [5, 5.41) is 7.33. The molecular weight excluding hydrogens is 400 g/mol. The molecule has 1 saturated heterocycles. The van der Waals surface area contributed by atoms with Gasteiger partial charge in [0.25, 0.3) is 0 Å². The number of thiocarbonyl (C=S) groups is 1. The summed E-state index contributed by atoms with van der Waals surface area (Å²) in [6, 6.07) is 8.42. The van der Waals surface area contributed by atoms with Crippen molar-refractivity contribution < 1.29 is 0 Å². The fourth-order valence-corrected chi connectivity index (χ4v) is 5.08. The second-order valence-corrected chi connectivity index (χ2v) is 8.86. The van der Waals surface area contributed by atoms with Crippen LogP contribution < -0.4 is 5.32 Å². The van der Waals surface area contributed by atoms with Crippen molar-refractivity contribution in [2.45, 2.75) is 25.9 Å². The quantitative estimate of drug-likeness (QED) is 0.609. The average molecular weight is 427 g/mol. The number of pyridine rings is 1. The summed E-state index contributed by atoms with van der Waals surface area (Å²) in [7, 11) is 4.18. The molecule has 8 heteroatoms. The molecule has 0 aromatic carbocycles. The number of hydrogen-bond acceptors (Lipinski definition) is 5. The van der Waals surface area contributed by atoms with Gasteiger partial charge in [0.1, 0.15) is 0 Å². The Morgan fingerprint density at radius 3 is 2.69 bits per heavy atom. The third kappa shape index (κ3) is 3.80. The first-order valence-electron chi connectivity index (χ1n) is 9.69. The van der Waals surface area contributed by atoms with Gasteiger partial charge in [-0.25, -0.2) is 4.98 Å². The molecule has 0 aliphatic carbocycles. The van der Waals surface area contributed by atoms with E-state index in [0.29, 0.717) is 0 Å². The second kappa shape index (κ2) is 8.22. The number of nitrogens with one attached hydrogen (secondary N) is 1. The van der Waals surface area contributed by atoms with Crippen LogP contribution in [0.2, 0.25) is 0 Å². The highest BCUT2D eigenvalue weighted by Crippen LogP contribution is 2.41. The predicted octanol–water partition coefficient (Wildman–Crippen LogP) is 3.48. The van der Waals surface area contributed by atoms with Crippen molar-refractivity contribution in [1.29, 1.82) is 0 Å². The summed E-state index contributed by atoms with van der Waals surface area (Å²) in [5.74, 6) is 0. The molecule has 1 N–H and O–H groups in total. The Labute approximate surface area is 181 Å². The van der Waals surface area contributed by atoms with Crippen LogP contribution in [0.5, 0.6) is 0 Å². The molecule has 4 rings (SSSR count).